The number of nitriles is 1. The number of benzene rings is 2. The number of nitrogens with zero attached hydrogens (tertiary/aromatic N) is 3. The monoisotopic (exact) mass is 464 g/mol. The zero-order chi connectivity index (χ0) is 19.0. The molecule has 0 aliphatic heterocycles. The highest BCUT2D eigenvalue weighted by Crippen LogP contribution is 2.25. The van der Waals surface area contributed by atoms with Crippen LogP contribution < -0.4 is 0 Å². The lowest BCUT2D eigenvalue weighted by Gasteiger charge is -2.09. The average molecular weight is 464 g/mol. The molecule has 1 N–H and O–H groups in total. The van der Waals surface area contributed by atoms with Crippen LogP contribution in [0.4, 0.5) is 0 Å². The van der Waals surface area contributed by atoms with Gasteiger partial charge in [-0.15, -0.1) is 0 Å². The molecule has 0 saturated heterocycles. The maximum absolute atomic E-state index is 9.69. The molecule has 4 rings (SSSR count). The number of fused-ring (bicyclic) bond motifs is 1. The third-order valence-electron chi connectivity index (χ3n) is 4.62. The van der Waals surface area contributed by atoms with E-state index in [-0.39, 0.29) is 0 Å². The van der Waals surface area contributed by atoms with E-state index in [2.05, 4.69) is 87.4 Å². The summed E-state index contributed by atoms with van der Waals surface area (Å²) in [7, 11) is 0. The smallest absolute Gasteiger partial charge is 0.149 e. The molecule has 5 heteroatoms. The quantitative estimate of drug-likeness (QED) is 0.315. The minimum absolute atomic E-state index is 0.522. The number of halogens is 1. The number of allylic oxidation sites excluding steroid dienone is 1. The topological polar surface area (TPSA) is 57.4 Å². The van der Waals surface area contributed by atoms with Gasteiger partial charge in [0.1, 0.15) is 11.9 Å². The predicted octanol–water partition coefficient (Wildman–Crippen LogP) is 5.64. The Bertz CT molecular complexity index is 1170. The molecule has 0 fully saturated rings. The van der Waals surface area contributed by atoms with Crippen molar-refractivity contribution in [2.75, 3.05) is 0 Å². The third-order valence-corrected chi connectivity index (χ3v) is 5.34. The first kappa shape index (κ1) is 17.6. The lowest BCUT2D eigenvalue weighted by Crippen LogP contribution is -1.99. The van der Waals surface area contributed by atoms with Crippen molar-refractivity contribution in [1.29, 1.82) is 5.26 Å². The fourth-order valence-electron chi connectivity index (χ4n) is 3.31. The van der Waals surface area contributed by atoms with E-state index < -0.39 is 0 Å². The molecule has 0 unspecified atom stereocenters. The highest BCUT2D eigenvalue weighted by atomic mass is 127. The summed E-state index contributed by atoms with van der Waals surface area (Å²) >= 11 is 2.31. The zero-order valence-electron chi connectivity index (χ0n) is 15.0. The third kappa shape index (κ3) is 3.28. The molecule has 0 bridgehead atoms. The van der Waals surface area contributed by atoms with Crippen molar-refractivity contribution in [2.45, 2.75) is 13.8 Å². The summed E-state index contributed by atoms with van der Waals surface area (Å²) in [4.78, 5) is 7.79. The average Bonchev–Trinajstić information content (AvgIpc) is 3.21. The van der Waals surface area contributed by atoms with E-state index in [1.54, 1.807) is 0 Å². The summed E-state index contributed by atoms with van der Waals surface area (Å²) in [5.41, 5.74) is 6.67. The SMILES string of the molecule is Cc1cc(/C=C(/C#N)c2nc3ccccc3[nH]2)c(C)n1-c1ccc(I)cc1. The molecular weight excluding hydrogens is 447 g/mol. The zero-order valence-corrected chi connectivity index (χ0v) is 17.2. The number of hydrogen-bond donors (Lipinski definition) is 1. The second-order valence-corrected chi connectivity index (χ2v) is 7.66. The summed E-state index contributed by atoms with van der Waals surface area (Å²) in [5, 5.41) is 9.69. The maximum atomic E-state index is 9.69. The second-order valence-electron chi connectivity index (χ2n) is 6.41. The summed E-state index contributed by atoms with van der Waals surface area (Å²) in [6, 6.07) is 20.6. The number of aromatic amines is 1. The first-order valence-electron chi connectivity index (χ1n) is 8.58. The van der Waals surface area contributed by atoms with Crippen molar-refractivity contribution < 1.29 is 0 Å². The molecule has 132 valence electrons. The Morgan fingerprint density at radius 1 is 1.15 bits per heavy atom. The Hall–Kier alpha value is -2.85. The molecule has 0 spiro atoms. The molecule has 0 amide bonds. The van der Waals surface area contributed by atoms with Crippen LogP contribution in [0.5, 0.6) is 0 Å². The van der Waals surface area contributed by atoms with Gasteiger partial charge in [0.05, 0.1) is 16.6 Å². The number of hydrogen-bond acceptors (Lipinski definition) is 2. The lowest BCUT2D eigenvalue weighted by atomic mass is 10.1. The Kier molecular flexibility index (Phi) is 4.58. The van der Waals surface area contributed by atoms with Crippen LogP contribution in [0.15, 0.2) is 54.6 Å². The number of nitrogens with one attached hydrogen (secondary N) is 1. The van der Waals surface area contributed by atoms with Crippen LogP contribution >= 0.6 is 22.6 Å². The highest BCUT2D eigenvalue weighted by molar-refractivity contribution is 14.1. The normalized spacial score (nSPS) is 11.7. The van der Waals surface area contributed by atoms with Crippen molar-refractivity contribution >= 4 is 45.3 Å². The molecule has 2 heterocycles. The number of para-hydroxylation sites is 2. The van der Waals surface area contributed by atoms with Gasteiger partial charge in [0.15, 0.2) is 0 Å². The number of aromatic nitrogens is 3. The van der Waals surface area contributed by atoms with Crippen LogP contribution in [0.2, 0.25) is 0 Å². The summed E-state index contributed by atoms with van der Waals surface area (Å²) < 4.78 is 3.41. The fourth-order valence-corrected chi connectivity index (χ4v) is 3.67. The van der Waals surface area contributed by atoms with Crippen LogP contribution in [0.3, 0.4) is 0 Å². The van der Waals surface area contributed by atoms with Crippen LogP contribution in [0.1, 0.15) is 22.8 Å². The Morgan fingerprint density at radius 3 is 2.59 bits per heavy atom. The van der Waals surface area contributed by atoms with Crippen LogP contribution in [0.25, 0.3) is 28.4 Å². The highest BCUT2D eigenvalue weighted by Gasteiger charge is 2.13. The maximum Gasteiger partial charge on any atom is 0.149 e. The van der Waals surface area contributed by atoms with Gasteiger partial charge in [0.25, 0.3) is 0 Å². The number of imidazole rings is 1. The van der Waals surface area contributed by atoms with Crippen LogP contribution in [-0.4, -0.2) is 14.5 Å². The minimum atomic E-state index is 0.522. The van der Waals surface area contributed by atoms with Crippen LogP contribution in [-0.2, 0) is 0 Å². The molecule has 4 nitrogen and oxygen atoms in total. The van der Waals surface area contributed by atoms with Gasteiger partial charge in [0, 0.05) is 20.6 Å². The van der Waals surface area contributed by atoms with Gasteiger partial charge in [0.2, 0.25) is 0 Å². The molecule has 0 atom stereocenters. The molecule has 0 aliphatic rings. The van der Waals surface area contributed by atoms with Gasteiger partial charge in [-0.25, -0.2) is 4.98 Å². The van der Waals surface area contributed by atoms with Gasteiger partial charge >= 0.3 is 0 Å². The van der Waals surface area contributed by atoms with E-state index in [4.69, 9.17) is 0 Å². The molecular formula is C22H17IN4. The molecule has 0 aliphatic carbocycles. The molecule has 0 saturated carbocycles. The number of H-pyrrole nitrogens is 1. The van der Waals surface area contributed by atoms with Gasteiger partial charge in [-0.1, -0.05) is 12.1 Å². The molecule has 2 aromatic heterocycles. The lowest BCUT2D eigenvalue weighted by molar-refractivity contribution is 0.964. The van der Waals surface area contributed by atoms with Gasteiger partial charge in [-0.3, -0.25) is 0 Å². The Labute approximate surface area is 171 Å². The summed E-state index contributed by atoms with van der Waals surface area (Å²) in [6.45, 7) is 4.15. The summed E-state index contributed by atoms with van der Waals surface area (Å²) in [5.74, 6) is 0.595. The molecule has 27 heavy (non-hydrogen) atoms. The van der Waals surface area contributed by atoms with E-state index in [9.17, 15) is 5.26 Å². The van der Waals surface area contributed by atoms with E-state index >= 15 is 0 Å². The predicted molar refractivity (Wildman–Crippen MR) is 118 cm³/mol. The van der Waals surface area contributed by atoms with Crippen molar-refractivity contribution in [1.82, 2.24) is 14.5 Å². The second kappa shape index (κ2) is 7.05. The van der Waals surface area contributed by atoms with E-state index in [0.717, 1.165) is 33.7 Å². The molecule has 0 radical (unpaired) electrons. The number of rotatable bonds is 3. The Balaban J connectivity index is 1.79. The van der Waals surface area contributed by atoms with Gasteiger partial charge < -0.3 is 9.55 Å². The van der Waals surface area contributed by atoms with Crippen molar-refractivity contribution in [2.24, 2.45) is 0 Å². The van der Waals surface area contributed by atoms with E-state index in [1.165, 1.54) is 3.57 Å². The van der Waals surface area contributed by atoms with Crippen LogP contribution in [0, 0.1) is 28.7 Å². The summed E-state index contributed by atoms with van der Waals surface area (Å²) in [6.07, 6.45) is 1.91. The Morgan fingerprint density at radius 2 is 1.89 bits per heavy atom. The van der Waals surface area contributed by atoms with Crippen molar-refractivity contribution in [3.05, 3.63) is 80.9 Å². The van der Waals surface area contributed by atoms with Gasteiger partial charge in [-0.2, -0.15) is 5.26 Å². The van der Waals surface area contributed by atoms with Crippen molar-refractivity contribution in [3.8, 4) is 11.8 Å². The molecule has 4 aromatic rings. The first-order chi connectivity index (χ1) is 13.1. The minimum Gasteiger partial charge on any atom is -0.337 e. The molecule has 2 aromatic carbocycles. The van der Waals surface area contributed by atoms with E-state index in [1.807, 2.05) is 30.3 Å². The first-order valence-corrected chi connectivity index (χ1v) is 9.66. The number of aryl methyl sites for hydroxylation is 1. The largest absolute Gasteiger partial charge is 0.337 e. The van der Waals surface area contributed by atoms with E-state index in [0.29, 0.717) is 11.4 Å². The fraction of sp³-hybridized carbons (Fsp3) is 0.0909. The van der Waals surface area contributed by atoms with Crippen molar-refractivity contribution in [3.63, 3.8) is 0 Å². The standard InChI is InChI=1S/C22H17IN4/c1-14-11-16(15(2)27(14)19-9-7-18(23)8-10-19)12-17(13-24)22-25-20-5-3-4-6-21(20)26-22/h3-12H,1-2H3,(H,25,26)/b17-12-. The van der Waals surface area contributed by atoms with Gasteiger partial charge in [-0.05, 0) is 90.5 Å².